The van der Waals surface area contributed by atoms with Gasteiger partial charge in [0.15, 0.2) is 0 Å². The molecule has 0 saturated heterocycles. The molecule has 3 heteroatoms. The lowest BCUT2D eigenvalue weighted by Gasteiger charge is -2.12. The highest BCUT2D eigenvalue weighted by Crippen LogP contribution is 2.28. The highest BCUT2D eigenvalue weighted by atomic mass is 16.1. The summed E-state index contributed by atoms with van der Waals surface area (Å²) in [6.07, 6.45) is 0.884. The number of aromatic nitrogens is 1. The SMILES string of the molecule is Cc1c(-c2ccccc2)[nH]c2c1C(=O)NCC2. The van der Waals surface area contributed by atoms with Crippen molar-refractivity contribution in [2.75, 3.05) is 6.54 Å². The van der Waals surface area contributed by atoms with Gasteiger partial charge in [0.2, 0.25) is 0 Å². The molecule has 0 bridgehead atoms. The molecule has 86 valence electrons. The Balaban J connectivity index is 2.17. The maximum Gasteiger partial charge on any atom is 0.253 e. The second-order valence-corrected chi connectivity index (χ2v) is 4.35. The van der Waals surface area contributed by atoms with E-state index in [0.29, 0.717) is 0 Å². The van der Waals surface area contributed by atoms with E-state index in [2.05, 4.69) is 22.4 Å². The van der Waals surface area contributed by atoms with Crippen LogP contribution < -0.4 is 5.32 Å². The van der Waals surface area contributed by atoms with Gasteiger partial charge < -0.3 is 10.3 Å². The van der Waals surface area contributed by atoms with Gasteiger partial charge in [0.1, 0.15) is 0 Å². The first kappa shape index (κ1) is 10.1. The average Bonchev–Trinajstić information content (AvgIpc) is 2.69. The number of carbonyl (C=O) groups excluding carboxylic acids is 1. The topological polar surface area (TPSA) is 44.9 Å². The summed E-state index contributed by atoms with van der Waals surface area (Å²) in [5.41, 5.74) is 5.13. The van der Waals surface area contributed by atoms with Crippen molar-refractivity contribution in [1.29, 1.82) is 0 Å². The van der Waals surface area contributed by atoms with Crippen LogP contribution in [0.5, 0.6) is 0 Å². The van der Waals surface area contributed by atoms with E-state index in [4.69, 9.17) is 0 Å². The molecular weight excluding hydrogens is 212 g/mol. The minimum Gasteiger partial charge on any atom is -0.357 e. The Labute approximate surface area is 99.9 Å². The zero-order valence-electron chi connectivity index (χ0n) is 9.71. The average molecular weight is 226 g/mol. The van der Waals surface area contributed by atoms with Gasteiger partial charge in [0.25, 0.3) is 5.91 Å². The van der Waals surface area contributed by atoms with Crippen LogP contribution in [-0.2, 0) is 6.42 Å². The molecule has 0 radical (unpaired) electrons. The van der Waals surface area contributed by atoms with Crippen LogP contribution in [0.2, 0.25) is 0 Å². The number of benzene rings is 1. The van der Waals surface area contributed by atoms with Crippen LogP contribution >= 0.6 is 0 Å². The van der Waals surface area contributed by atoms with Crippen molar-refractivity contribution in [3.8, 4) is 11.3 Å². The quantitative estimate of drug-likeness (QED) is 0.769. The third-order valence-electron chi connectivity index (χ3n) is 3.28. The van der Waals surface area contributed by atoms with Crippen LogP contribution in [-0.4, -0.2) is 17.4 Å². The molecule has 1 amide bonds. The van der Waals surface area contributed by atoms with E-state index in [1.165, 1.54) is 0 Å². The number of H-pyrrole nitrogens is 1. The number of nitrogens with one attached hydrogen (secondary N) is 2. The molecular formula is C14H14N2O. The number of carbonyl (C=O) groups is 1. The first-order valence-corrected chi connectivity index (χ1v) is 5.82. The minimum absolute atomic E-state index is 0.0437. The summed E-state index contributed by atoms with van der Waals surface area (Å²) in [7, 11) is 0. The lowest BCUT2D eigenvalue weighted by molar-refractivity contribution is 0.0945. The predicted molar refractivity (Wildman–Crippen MR) is 67.0 cm³/mol. The van der Waals surface area contributed by atoms with Gasteiger partial charge in [-0.1, -0.05) is 30.3 Å². The van der Waals surface area contributed by atoms with Gasteiger partial charge in [-0.3, -0.25) is 4.79 Å². The normalized spacial score (nSPS) is 14.3. The number of amides is 1. The molecule has 1 aromatic carbocycles. The van der Waals surface area contributed by atoms with Crippen LogP contribution in [0.25, 0.3) is 11.3 Å². The number of rotatable bonds is 1. The highest BCUT2D eigenvalue weighted by molar-refractivity contribution is 5.99. The van der Waals surface area contributed by atoms with Crippen LogP contribution in [0.4, 0.5) is 0 Å². The van der Waals surface area contributed by atoms with E-state index in [9.17, 15) is 4.79 Å². The predicted octanol–water partition coefficient (Wildman–Crippen LogP) is 2.28. The van der Waals surface area contributed by atoms with E-state index in [1.807, 2.05) is 25.1 Å². The van der Waals surface area contributed by atoms with Gasteiger partial charge in [0.05, 0.1) is 5.56 Å². The molecule has 2 aromatic rings. The molecule has 0 atom stereocenters. The van der Waals surface area contributed by atoms with Gasteiger partial charge in [-0.05, 0) is 18.1 Å². The molecule has 0 aliphatic carbocycles. The number of hydrogen-bond donors (Lipinski definition) is 2. The fourth-order valence-electron chi connectivity index (χ4n) is 2.44. The second kappa shape index (κ2) is 3.77. The zero-order valence-corrected chi connectivity index (χ0v) is 9.71. The monoisotopic (exact) mass is 226 g/mol. The van der Waals surface area contributed by atoms with Crippen LogP contribution in [0.3, 0.4) is 0 Å². The zero-order chi connectivity index (χ0) is 11.8. The lowest BCUT2D eigenvalue weighted by atomic mass is 10.0. The Morgan fingerprint density at radius 2 is 1.94 bits per heavy atom. The fraction of sp³-hybridized carbons (Fsp3) is 0.214. The van der Waals surface area contributed by atoms with Crippen molar-refractivity contribution in [2.24, 2.45) is 0 Å². The van der Waals surface area contributed by atoms with E-state index >= 15 is 0 Å². The molecule has 2 N–H and O–H groups in total. The molecule has 0 unspecified atom stereocenters. The fourth-order valence-corrected chi connectivity index (χ4v) is 2.44. The van der Waals surface area contributed by atoms with E-state index < -0.39 is 0 Å². The molecule has 1 aliphatic rings. The van der Waals surface area contributed by atoms with Crippen molar-refractivity contribution in [1.82, 2.24) is 10.3 Å². The van der Waals surface area contributed by atoms with Crippen molar-refractivity contribution < 1.29 is 4.79 Å². The molecule has 0 fully saturated rings. The summed E-state index contributed by atoms with van der Waals surface area (Å²) in [4.78, 5) is 15.2. The molecule has 3 rings (SSSR count). The number of aromatic amines is 1. The van der Waals surface area contributed by atoms with Crippen LogP contribution in [0, 0.1) is 6.92 Å². The minimum atomic E-state index is 0.0437. The van der Waals surface area contributed by atoms with Gasteiger partial charge in [-0.2, -0.15) is 0 Å². The maximum absolute atomic E-state index is 11.8. The van der Waals surface area contributed by atoms with Crippen LogP contribution in [0.15, 0.2) is 30.3 Å². The third-order valence-corrected chi connectivity index (χ3v) is 3.28. The second-order valence-electron chi connectivity index (χ2n) is 4.35. The van der Waals surface area contributed by atoms with Crippen molar-refractivity contribution in [2.45, 2.75) is 13.3 Å². The molecule has 1 aromatic heterocycles. The molecule has 0 spiro atoms. The van der Waals surface area contributed by atoms with Gasteiger partial charge >= 0.3 is 0 Å². The van der Waals surface area contributed by atoms with Crippen molar-refractivity contribution >= 4 is 5.91 Å². The lowest BCUT2D eigenvalue weighted by Crippen LogP contribution is -2.31. The molecule has 17 heavy (non-hydrogen) atoms. The van der Waals surface area contributed by atoms with Crippen molar-refractivity contribution in [3.05, 3.63) is 47.2 Å². The van der Waals surface area contributed by atoms with Crippen LogP contribution in [0.1, 0.15) is 21.6 Å². The Hall–Kier alpha value is -2.03. The van der Waals surface area contributed by atoms with E-state index in [1.54, 1.807) is 0 Å². The van der Waals surface area contributed by atoms with Gasteiger partial charge in [-0.25, -0.2) is 0 Å². The first-order valence-electron chi connectivity index (χ1n) is 5.82. The molecule has 2 heterocycles. The van der Waals surface area contributed by atoms with Gasteiger partial charge in [-0.15, -0.1) is 0 Å². The van der Waals surface area contributed by atoms with E-state index in [-0.39, 0.29) is 5.91 Å². The molecule has 1 aliphatic heterocycles. The first-order chi connectivity index (χ1) is 8.27. The van der Waals surface area contributed by atoms with Gasteiger partial charge in [0, 0.05) is 24.4 Å². The Morgan fingerprint density at radius 3 is 2.65 bits per heavy atom. The maximum atomic E-state index is 11.8. The number of fused-ring (bicyclic) bond motifs is 1. The molecule has 0 saturated carbocycles. The number of hydrogen-bond acceptors (Lipinski definition) is 1. The summed E-state index contributed by atoms with van der Waals surface area (Å²) in [5.74, 6) is 0.0437. The smallest absolute Gasteiger partial charge is 0.253 e. The summed E-state index contributed by atoms with van der Waals surface area (Å²) in [6, 6.07) is 10.1. The third kappa shape index (κ3) is 1.55. The van der Waals surface area contributed by atoms with Crippen molar-refractivity contribution in [3.63, 3.8) is 0 Å². The largest absolute Gasteiger partial charge is 0.357 e. The standard InChI is InChI=1S/C14H14N2O/c1-9-12-11(7-8-15-14(12)17)16-13(9)10-5-3-2-4-6-10/h2-6,16H,7-8H2,1H3,(H,15,17). The Kier molecular flexibility index (Phi) is 2.25. The summed E-state index contributed by atoms with van der Waals surface area (Å²) < 4.78 is 0. The molecule has 3 nitrogen and oxygen atoms in total. The Morgan fingerprint density at radius 1 is 1.18 bits per heavy atom. The summed E-state index contributed by atoms with van der Waals surface area (Å²) in [6.45, 7) is 2.72. The summed E-state index contributed by atoms with van der Waals surface area (Å²) >= 11 is 0. The van der Waals surface area contributed by atoms with E-state index in [0.717, 1.165) is 41.0 Å². The Bertz CT molecular complexity index is 569. The summed E-state index contributed by atoms with van der Waals surface area (Å²) in [5, 5.41) is 2.88. The highest BCUT2D eigenvalue weighted by Gasteiger charge is 2.23.